The zero-order chi connectivity index (χ0) is 23.7. The summed E-state index contributed by atoms with van der Waals surface area (Å²) in [6.07, 6.45) is 7.70. The summed E-state index contributed by atoms with van der Waals surface area (Å²) >= 11 is 0. The Bertz CT molecular complexity index is 980. The second kappa shape index (κ2) is 9.44. The van der Waals surface area contributed by atoms with Crippen LogP contribution in [0.3, 0.4) is 0 Å². The fourth-order valence-electron chi connectivity index (χ4n) is 7.02. The maximum absolute atomic E-state index is 13.0. The van der Waals surface area contributed by atoms with Crippen LogP contribution >= 0.6 is 0 Å². The van der Waals surface area contributed by atoms with E-state index in [0.29, 0.717) is 5.41 Å². The van der Waals surface area contributed by atoms with E-state index in [1.54, 1.807) is 0 Å². The lowest BCUT2D eigenvalue weighted by molar-refractivity contribution is -0.119. The minimum Gasteiger partial charge on any atom is -0.445 e. The van der Waals surface area contributed by atoms with Gasteiger partial charge in [0.2, 0.25) is 5.91 Å². The number of hydrogen-bond donors (Lipinski definition) is 2. The van der Waals surface area contributed by atoms with Gasteiger partial charge in [0.05, 0.1) is 0 Å². The number of carbonyl (C=O) groups is 2. The van der Waals surface area contributed by atoms with Crippen LogP contribution in [0.25, 0.3) is 0 Å². The lowest BCUT2D eigenvalue weighted by Gasteiger charge is -2.57. The molecule has 4 aliphatic carbocycles. The first-order valence-electron chi connectivity index (χ1n) is 12.8. The van der Waals surface area contributed by atoms with Crippen LogP contribution in [0.2, 0.25) is 0 Å². The third kappa shape index (κ3) is 4.84. The van der Waals surface area contributed by atoms with Crippen molar-refractivity contribution in [1.82, 2.24) is 5.32 Å². The Balaban J connectivity index is 1.19. The molecule has 2 aromatic rings. The molecule has 5 nitrogen and oxygen atoms in total. The van der Waals surface area contributed by atoms with Crippen LogP contribution in [0.5, 0.6) is 0 Å². The van der Waals surface area contributed by atoms with E-state index in [2.05, 4.69) is 22.8 Å². The van der Waals surface area contributed by atoms with E-state index in [-0.39, 0.29) is 18.4 Å². The lowest BCUT2D eigenvalue weighted by atomic mass is 9.48. The second-order valence-electron chi connectivity index (χ2n) is 11.2. The van der Waals surface area contributed by atoms with Crippen molar-refractivity contribution in [1.29, 1.82) is 0 Å². The van der Waals surface area contributed by atoms with Gasteiger partial charge in [0, 0.05) is 5.69 Å². The standard InChI is InChI=1S/C29H36N2O3/c1-19(2)26(31-28(33)34-18-20-6-4-3-5-7-20)27(32)30-25-10-8-24(9-11-25)29-15-21-12-22(16-29)14-23(13-21)17-29/h3-11,19,21-23,26H,12-18H2,1-2H3,(H,30,32)(H,31,33)/t21?,22?,23?,26-,29?/m0/s1. The Hall–Kier alpha value is -2.82. The highest BCUT2D eigenvalue weighted by Crippen LogP contribution is 2.60. The molecule has 0 aliphatic heterocycles. The summed E-state index contributed by atoms with van der Waals surface area (Å²) in [6.45, 7) is 4.00. The van der Waals surface area contributed by atoms with Gasteiger partial charge < -0.3 is 15.4 Å². The van der Waals surface area contributed by atoms with E-state index in [1.165, 1.54) is 44.1 Å². The fraction of sp³-hybridized carbons (Fsp3) is 0.517. The molecule has 6 rings (SSSR count). The summed E-state index contributed by atoms with van der Waals surface area (Å²) in [4.78, 5) is 25.3. The Labute approximate surface area is 202 Å². The van der Waals surface area contributed by atoms with Gasteiger partial charge in [0.1, 0.15) is 12.6 Å². The van der Waals surface area contributed by atoms with Crippen LogP contribution in [-0.2, 0) is 21.6 Å². The van der Waals surface area contributed by atoms with Gasteiger partial charge in [-0.1, -0.05) is 56.3 Å². The monoisotopic (exact) mass is 460 g/mol. The second-order valence-corrected chi connectivity index (χ2v) is 11.2. The predicted octanol–water partition coefficient (Wildman–Crippen LogP) is 6.04. The zero-order valence-electron chi connectivity index (χ0n) is 20.3. The molecule has 2 aromatic carbocycles. The Morgan fingerprint density at radius 1 is 0.912 bits per heavy atom. The van der Waals surface area contributed by atoms with Crippen LogP contribution < -0.4 is 10.6 Å². The highest BCUT2D eigenvalue weighted by Gasteiger charge is 2.51. The summed E-state index contributed by atoms with van der Waals surface area (Å²) in [5.74, 6) is 2.42. The molecule has 34 heavy (non-hydrogen) atoms. The zero-order valence-corrected chi connectivity index (χ0v) is 20.3. The first-order chi connectivity index (χ1) is 16.4. The molecule has 4 saturated carbocycles. The van der Waals surface area contributed by atoms with Gasteiger partial charge in [-0.05, 0) is 90.9 Å². The Morgan fingerprint density at radius 2 is 1.50 bits per heavy atom. The van der Waals surface area contributed by atoms with E-state index in [9.17, 15) is 9.59 Å². The Kier molecular flexibility index (Phi) is 6.37. The quantitative estimate of drug-likeness (QED) is 0.529. The molecular formula is C29H36N2O3. The number of alkyl carbamates (subject to hydrolysis) is 1. The molecule has 180 valence electrons. The van der Waals surface area contributed by atoms with E-state index in [4.69, 9.17) is 4.74 Å². The number of rotatable bonds is 7. The number of nitrogens with one attached hydrogen (secondary N) is 2. The third-order valence-corrected chi connectivity index (χ3v) is 8.24. The number of amides is 2. The van der Waals surface area contributed by atoms with Crippen LogP contribution in [0.15, 0.2) is 54.6 Å². The molecule has 2 N–H and O–H groups in total. The van der Waals surface area contributed by atoms with Crippen molar-refractivity contribution in [2.75, 3.05) is 5.32 Å². The lowest BCUT2D eigenvalue weighted by Crippen LogP contribution is -2.48. The summed E-state index contributed by atoms with van der Waals surface area (Å²) in [6, 6.07) is 17.3. The van der Waals surface area contributed by atoms with Gasteiger partial charge in [-0.3, -0.25) is 4.79 Å². The molecule has 5 heteroatoms. The van der Waals surface area contributed by atoms with Crippen molar-refractivity contribution < 1.29 is 14.3 Å². The summed E-state index contributed by atoms with van der Waals surface area (Å²) in [5, 5.41) is 5.73. The molecule has 0 heterocycles. The normalized spacial score (nSPS) is 27.9. The molecule has 4 fully saturated rings. The van der Waals surface area contributed by atoms with Crippen LogP contribution in [0.1, 0.15) is 63.5 Å². The van der Waals surface area contributed by atoms with Crippen molar-refractivity contribution in [3.8, 4) is 0 Å². The first kappa shape index (κ1) is 22.9. The fourth-order valence-corrected chi connectivity index (χ4v) is 7.02. The Morgan fingerprint density at radius 3 is 2.06 bits per heavy atom. The molecule has 0 radical (unpaired) electrons. The number of benzene rings is 2. The summed E-state index contributed by atoms with van der Waals surface area (Å²) in [5.41, 5.74) is 3.46. The highest BCUT2D eigenvalue weighted by atomic mass is 16.5. The topological polar surface area (TPSA) is 67.4 Å². The number of hydrogen-bond acceptors (Lipinski definition) is 3. The molecule has 0 saturated heterocycles. The average Bonchev–Trinajstić information content (AvgIpc) is 2.81. The molecule has 1 atom stereocenters. The molecule has 4 aliphatic rings. The molecule has 2 amide bonds. The molecule has 0 unspecified atom stereocenters. The van der Waals surface area contributed by atoms with E-state index >= 15 is 0 Å². The van der Waals surface area contributed by atoms with Gasteiger partial charge in [-0.25, -0.2) is 4.79 Å². The number of ether oxygens (including phenoxy) is 1. The van der Waals surface area contributed by atoms with Crippen molar-refractivity contribution >= 4 is 17.7 Å². The van der Waals surface area contributed by atoms with Gasteiger partial charge in [-0.2, -0.15) is 0 Å². The van der Waals surface area contributed by atoms with Crippen LogP contribution in [0, 0.1) is 23.7 Å². The SMILES string of the molecule is CC(C)[C@H](NC(=O)OCc1ccccc1)C(=O)Nc1ccc(C23CC4CC(CC(C4)C2)C3)cc1. The van der Waals surface area contributed by atoms with Crippen molar-refractivity contribution in [2.45, 2.75) is 70.4 Å². The number of carbonyl (C=O) groups excluding carboxylic acids is 2. The van der Waals surface area contributed by atoms with Crippen molar-refractivity contribution in [3.05, 3.63) is 65.7 Å². The van der Waals surface area contributed by atoms with Gasteiger partial charge >= 0.3 is 6.09 Å². The summed E-state index contributed by atoms with van der Waals surface area (Å²) < 4.78 is 5.31. The summed E-state index contributed by atoms with van der Waals surface area (Å²) in [7, 11) is 0. The minimum atomic E-state index is -0.675. The molecular weight excluding hydrogens is 424 g/mol. The molecule has 0 aromatic heterocycles. The smallest absolute Gasteiger partial charge is 0.408 e. The van der Waals surface area contributed by atoms with Gasteiger partial charge in [0.25, 0.3) is 0 Å². The van der Waals surface area contributed by atoms with Crippen molar-refractivity contribution in [2.24, 2.45) is 23.7 Å². The number of anilines is 1. The highest BCUT2D eigenvalue weighted by molar-refractivity contribution is 5.96. The molecule has 0 spiro atoms. The van der Waals surface area contributed by atoms with E-state index in [1.807, 2.05) is 56.3 Å². The van der Waals surface area contributed by atoms with Crippen molar-refractivity contribution in [3.63, 3.8) is 0 Å². The van der Waals surface area contributed by atoms with Gasteiger partial charge in [0.15, 0.2) is 0 Å². The third-order valence-electron chi connectivity index (χ3n) is 8.24. The predicted molar refractivity (Wildman–Crippen MR) is 133 cm³/mol. The van der Waals surface area contributed by atoms with Crippen LogP contribution in [0.4, 0.5) is 10.5 Å². The van der Waals surface area contributed by atoms with Crippen LogP contribution in [-0.4, -0.2) is 18.0 Å². The maximum atomic E-state index is 13.0. The average molecular weight is 461 g/mol. The maximum Gasteiger partial charge on any atom is 0.408 e. The van der Waals surface area contributed by atoms with E-state index in [0.717, 1.165) is 29.0 Å². The first-order valence-corrected chi connectivity index (χ1v) is 12.8. The largest absolute Gasteiger partial charge is 0.445 e. The van der Waals surface area contributed by atoms with E-state index < -0.39 is 12.1 Å². The van der Waals surface area contributed by atoms with Gasteiger partial charge in [-0.15, -0.1) is 0 Å². The molecule has 4 bridgehead atoms. The minimum absolute atomic E-state index is 0.0735.